The smallest absolute Gasteiger partial charge is 0.230 e. The first kappa shape index (κ1) is 17.7. The molecule has 18 heavy (non-hydrogen) atoms. The highest BCUT2D eigenvalue weighted by Gasteiger charge is 2.16. The topological polar surface area (TPSA) is 99.0 Å². The lowest BCUT2D eigenvalue weighted by atomic mass is 10.1. The molecule has 0 saturated heterocycles. The van der Waals surface area contributed by atoms with Crippen molar-refractivity contribution in [3.8, 4) is 0 Å². The molecule has 6 nitrogen and oxygen atoms in total. The van der Waals surface area contributed by atoms with E-state index >= 15 is 0 Å². The predicted molar refractivity (Wildman–Crippen MR) is 70.5 cm³/mol. The van der Waals surface area contributed by atoms with Crippen LogP contribution in [0.3, 0.4) is 0 Å². The van der Waals surface area contributed by atoms with Gasteiger partial charge >= 0.3 is 0 Å². The van der Waals surface area contributed by atoms with E-state index in [1.165, 1.54) is 11.8 Å². The third kappa shape index (κ3) is 9.67. The first-order chi connectivity index (χ1) is 8.41. The van der Waals surface area contributed by atoms with Crippen molar-refractivity contribution >= 4 is 17.7 Å². The van der Waals surface area contributed by atoms with E-state index in [0.29, 0.717) is 18.9 Å². The number of hydrogen-bond donors (Lipinski definition) is 4. The summed E-state index contributed by atoms with van der Waals surface area (Å²) in [6.45, 7) is 3.88. The molecule has 0 aliphatic carbocycles. The van der Waals surface area contributed by atoms with Gasteiger partial charge in [0.15, 0.2) is 0 Å². The highest BCUT2D eigenvalue weighted by Crippen LogP contribution is 2.06. The number of nitrogens with one attached hydrogen (secondary N) is 1. The van der Waals surface area contributed by atoms with Crippen LogP contribution < -0.4 is 5.32 Å². The Morgan fingerprint density at radius 1 is 1.44 bits per heavy atom. The lowest BCUT2D eigenvalue weighted by molar-refractivity contribution is -0.119. The number of ether oxygens (including phenoxy) is 1. The van der Waals surface area contributed by atoms with Crippen LogP contribution in [0.5, 0.6) is 0 Å². The maximum atomic E-state index is 11.3. The average molecular weight is 281 g/mol. The summed E-state index contributed by atoms with van der Waals surface area (Å²) < 4.78 is 5.34. The monoisotopic (exact) mass is 281 g/mol. The van der Waals surface area contributed by atoms with Gasteiger partial charge in [0.1, 0.15) is 0 Å². The van der Waals surface area contributed by atoms with Crippen LogP contribution in [-0.2, 0) is 9.53 Å². The molecule has 0 radical (unpaired) electrons. The van der Waals surface area contributed by atoms with Crippen LogP contribution in [0, 0.1) is 0 Å². The highest BCUT2D eigenvalue weighted by atomic mass is 32.2. The normalized spacial score (nSPS) is 13.4. The molecule has 0 rings (SSSR count). The summed E-state index contributed by atoms with van der Waals surface area (Å²) in [6, 6.07) is 0. The van der Waals surface area contributed by atoms with Gasteiger partial charge in [0, 0.05) is 12.3 Å². The fourth-order valence-corrected chi connectivity index (χ4v) is 1.74. The lowest BCUT2D eigenvalue weighted by Crippen LogP contribution is -2.35. The SMILES string of the molecule is CC(C)(CO)OCCNC(=O)CSCC(O)CO. The molecule has 4 N–H and O–H groups in total. The van der Waals surface area contributed by atoms with Crippen LogP contribution in [0.15, 0.2) is 0 Å². The predicted octanol–water partition coefficient (Wildman–Crippen LogP) is -1.02. The number of thioether (sulfide) groups is 1. The van der Waals surface area contributed by atoms with Crippen LogP contribution in [0.1, 0.15) is 13.8 Å². The van der Waals surface area contributed by atoms with E-state index in [1.807, 2.05) is 0 Å². The minimum Gasteiger partial charge on any atom is -0.394 e. The Morgan fingerprint density at radius 3 is 2.67 bits per heavy atom. The number of aliphatic hydroxyl groups excluding tert-OH is 3. The average Bonchev–Trinajstić information content (AvgIpc) is 2.34. The Bertz CT molecular complexity index is 237. The van der Waals surface area contributed by atoms with Crippen molar-refractivity contribution in [2.75, 3.05) is 37.9 Å². The molecule has 0 fully saturated rings. The van der Waals surface area contributed by atoms with Crippen LogP contribution in [0.2, 0.25) is 0 Å². The summed E-state index contributed by atoms with van der Waals surface area (Å²) in [6.07, 6.45) is -0.781. The van der Waals surface area contributed by atoms with Gasteiger partial charge in [-0.1, -0.05) is 0 Å². The molecule has 1 unspecified atom stereocenters. The van der Waals surface area contributed by atoms with Gasteiger partial charge in [-0.25, -0.2) is 0 Å². The van der Waals surface area contributed by atoms with Crippen molar-refractivity contribution in [3.05, 3.63) is 0 Å². The van der Waals surface area contributed by atoms with Gasteiger partial charge in [-0.15, -0.1) is 11.8 Å². The number of carbonyl (C=O) groups is 1. The number of carbonyl (C=O) groups excluding carboxylic acids is 1. The fourth-order valence-electron chi connectivity index (χ4n) is 0.955. The standard InChI is InChI=1S/C11H23NO5S/c1-11(2,8-14)17-4-3-12-10(16)7-18-6-9(15)5-13/h9,13-15H,3-8H2,1-2H3,(H,12,16). The van der Waals surface area contributed by atoms with E-state index in [4.69, 9.17) is 20.1 Å². The summed E-state index contributed by atoms with van der Waals surface area (Å²) in [5, 5.41) is 29.2. The minimum absolute atomic E-state index is 0.0736. The van der Waals surface area contributed by atoms with Crippen molar-refractivity contribution in [1.82, 2.24) is 5.32 Å². The van der Waals surface area contributed by atoms with Crippen LogP contribution >= 0.6 is 11.8 Å². The van der Waals surface area contributed by atoms with E-state index in [0.717, 1.165) is 0 Å². The van der Waals surface area contributed by atoms with Gasteiger partial charge in [-0.05, 0) is 13.8 Å². The lowest BCUT2D eigenvalue weighted by Gasteiger charge is -2.22. The zero-order valence-corrected chi connectivity index (χ0v) is 11.7. The van der Waals surface area contributed by atoms with E-state index in [2.05, 4.69) is 5.32 Å². The molecule has 0 aromatic carbocycles. The maximum absolute atomic E-state index is 11.3. The molecule has 0 aliphatic rings. The van der Waals surface area contributed by atoms with Gasteiger partial charge in [-0.3, -0.25) is 4.79 Å². The van der Waals surface area contributed by atoms with Gasteiger partial charge in [0.05, 0.1) is 37.3 Å². The van der Waals surface area contributed by atoms with Gasteiger partial charge in [0.2, 0.25) is 5.91 Å². The summed E-state index contributed by atoms with van der Waals surface area (Å²) >= 11 is 1.26. The first-order valence-electron chi connectivity index (χ1n) is 5.79. The summed E-state index contributed by atoms with van der Waals surface area (Å²) in [7, 11) is 0. The molecule has 0 aromatic rings. The maximum Gasteiger partial charge on any atom is 0.230 e. The van der Waals surface area contributed by atoms with Crippen molar-refractivity contribution in [2.45, 2.75) is 25.6 Å². The minimum atomic E-state index is -0.781. The Labute approximate surface area is 112 Å². The van der Waals surface area contributed by atoms with E-state index < -0.39 is 11.7 Å². The number of aliphatic hydroxyl groups is 3. The van der Waals surface area contributed by atoms with Crippen molar-refractivity contribution in [3.63, 3.8) is 0 Å². The van der Waals surface area contributed by atoms with Crippen LogP contribution in [0.25, 0.3) is 0 Å². The second-order valence-electron chi connectivity index (χ2n) is 4.47. The highest BCUT2D eigenvalue weighted by molar-refractivity contribution is 7.99. The van der Waals surface area contributed by atoms with Crippen LogP contribution in [-0.4, -0.2) is 70.8 Å². The van der Waals surface area contributed by atoms with Gasteiger partial charge in [0.25, 0.3) is 0 Å². The zero-order valence-electron chi connectivity index (χ0n) is 10.9. The summed E-state index contributed by atoms with van der Waals surface area (Å²) in [4.78, 5) is 11.3. The number of amides is 1. The molecule has 0 saturated carbocycles. The van der Waals surface area contributed by atoms with Crippen molar-refractivity contribution < 1.29 is 24.9 Å². The molecule has 0 heterocycles. The number of rotatable bonds is 10. The molecule has 1 amide bonds. The fraction of sp³-hybridized carbons (Fsp3) is 0.909. The molecule has 0 aliphatic heterocycles. The van der Waals surface area contributed by atoms with Gasteiger partial charge in [-0.2, -0.15) is 0 Å². The largest absolute Gasteiger partial charge is 0.394 e. The molecule has 1 atom stereocenters. The third-order valence-corrected chi connectivity index (χ3v) is 3.14. The van der Waals surface area contributed by atoms with E-state index in [-0.39, 0.29) is 24.9 Å². The second-order valence-corrected chi connectivity index (χ2v) is 5.50. The second kappa shape index (κ2) is 9.57. The molecule has 0 aromatic heterocycles. The molecule has 0 bridgehead atoms. The number of hydrogen-bond acceptors (Lipinski definition) is 6. The molecular formula is C11H23NO5S. The van der Waals surface area contributed by atoms with Crippen molar-refractivity contribution in [2.24, 2.45) is 0 Å². The third-order valence-electron chi connectivity index (χ3n) is 2.05. The Morgan fingerprint density at radius 2 is 2.11 bits per heavy atom. The summed E-state index contributed by atoms with van der Waals surface area (Å²) in [5.74, 6) is 0.425. The van der Waals surface area contributed by atoms with E-state index in [1.54, 1.807) is 13.8 Å². The Balaban J connectivity index is 3.48. The van der Waals surface area contributed by atoms with Crippen molar-refractivity contribution in [1.29, 1.82) is 0 Å². The van der Waals surface area contributed by atoms with Crippen LogP contribution in [0.4, 0.5) is 0 Å². The molecular weight excluding hydrogens is 258 g/mol. The van der Waals surface area contributed by atoms with E-state index in [9.17, 15) is 4.79 Å². The Hall–Kier alpha value is -0.340. The quantitative estimate of drug-likeness (QED) is 0.382. The molecule has 108 valence electrons. The molecule has 7 heteroatoms. The first-order valence-corrected chi connectivity index (χ1v) is 6.95. The summed E-state index contributed by atoms with van der Waals surface area (Å²) in [5.41, 5.74) is -0.593. The van der Waals surface area contributed by atoms with Gasteiger partial charge < -0.3 is 25.4 Å². The Kier molecular flexibility index (Phi) is 9.39. The zero-order chi connectivity index (χ0) is 14.0. The molecule has 0 spiro atoms.